The third-order valence-corrected chi connectivity index (χ3v) is 7.91. The average molecular weight is 462 g/mol. The molecule has 0 spiro atoms. The van der Waals surface area contributed by atoms with E-state index in [1.54, 1.807) is 29.0 Å². The number of ether oxygens (including phenoxy) is 1. The predicted molar refractivity (Wildman–Crippen MR) is 129 cm³/mol. The van der Waals surface area contributed by atoms with E-state index in [1.165, 1.54) is 0 Å². The van der Waals surface area contributed by atoms with Crippen LogP contribution in [-0.4, -0.2) is 48.5 Å². The Hall–Kier alpha value is -3.35. The Balaban J connectivity index is 1.37. The topological polar surface area (TPSA) is 79.0 Å². The maximum Gasteiger partial charge on any atom is 0.258 e. The van der Waals surface area contributed by atoms with Crippen LogP contribution in [0.1, 0.15) is 61.4 Å². The van der Waals surface area contributed by atoms with Crippen molar-refractivity contribution in [3.05, 3.63) is 59.7 Å². The van der Waals surface area contributed by atoms with Gasteiger partial charge >= 0.3 is 0 Å². The monoisotopic (exact) mass is 461 g/mol. The van der Waals surface area contributed by atoms with E-state index in [4.69, 9.17) is 4.74 Å². The van der Waals surface area contributed by atoms with Gasteiger partial charge in [0, 0.05) is 23.9 Å². The number of carbonyl (C=O) groups is 3. The summed E-state index contributed by atoms with van der Waals surface area (Å²) in [5, 5.41) is 3.12. The highest BCUT2D eigenvalue weighted by molar-refractivity contribution is 6.11. The van der Waals surface area contributed by atoms with E-state index in [2.05, 4.69) is 11.4 Å². The molecule has 178 valence electrons. The minimum Gasteiger partial charge on any atom is -0.496 e. The third-order valence-electron chi connectivity index (χ3n) is 7.91. The van der Waals surface area contributed by atoms with Crippen molar-refractivity contribution >= 4 is 23.4 Å². The molecule has 1 N–H and O–H groups in total. The summed E-state index contributed by atoms with van der Waals surface area (Å²) in [4.78, 5) is 42.7. The minimum absolute atomic E-state index is 0.0195. The van der Waals surface area contributed by atoms with Gasteiger partial charge in [0.2, 0.25) is 11.8 Å². The summed E-state index contributed by atoms with van der Waals surface area (Å²) in [7, 11) is 1.68. The number of nitrogens with zero attached hydrogens (tertiary/aromatic N) is 2. The zero-order valence-corrected chi connectivity index (χ0v) is 19.8. The van der Waals surface area contributed by atoms with E-state index >= 15 is 0 Å². The minimum atomic E-state index is -0.840. The number of rotatable bonds is 6. The molecule has 0 radical (unpaired) electrons. The van der Waals surface area contributed by atoms with Crippen LogP contribution < -0.4 is 15.0 Å². The van der Waals surface area contributed by atoms with Crippen molar-refractivity contribution in [3.63, 3.8) is 0 Å². The Bertz CT molecular complexity index is 1140. The predicted octanol–water partition coefficient (Wildman–Crippen LogP) is 3.62. The number of hydrogen-bond acceptors (Lipinski definition) is 4. The lowest BCUT2D eigenvalue weighted by Crippen LogP contribution is -2.64. The Morgan fingerprint density at radius 2 is 1.74 bits per heavy atom. The van der Waals surface area contributed by atoms with Crippen molar-refractivity contribution in [2.24, 2.45) is 0 Å². The zero-order chi connectivity index (χ0) is 23.9. The van der Waals surface area contributed by atoms with Gasteiger partial charge in [0.05, 0.1) is 18.4 Å². The summed E-state index contributed by atoms with van der Waals surface area (Å²) in [6, 6.07) is 15.2. The van der Waals surface area contributed by atoms with E-state index in [0.717, 1.165) is 37.0 Å². The molecule has 0 bridgehead atoms. The molecule has 2 aromatic rings. The number of para-hydroxylation sites is 2. The molecular weight excluding hydrogens is 430 g/mol. The molecular formula is C27H31N3O4. The molecule has 2 aromatic carbocycles. The molecule has 7 heteroatoms. The molecule has 1 saturated carbocycles. The van der Waals surface area contributed by atoms with Crippen LogP contribution in [0.4, 0.5) is 5.69 Å². The van der Waals surface area contributed by atoms with Crippen molar-refractivity contribution in [1.82, 2.24) is 10.2 Å². The first kappa shape index (κ1) is 22.4. The SMILES string of the molecule is COc1ccccc1C1(CNC(=O)CN2C(=O)c3ccccc3N3C(=O)CCC23C)CCCC1. The Labute approximate surface area is 200 Å². The van der Waals surface area contributed by atoms with Crippen LogP contribution in [0.3, 0.4) is 0 Å². The third kappa shape index (κ3) is 3.45. The van der Waals surface area contributed by atoms with Gasteiger partial charge < -0.3 is 15.0 Å². The van der Waals surface area contributed by atoms with Crippen LogP contribution >= 0.6 is 0 Å². The fourth-order valence-corrected chi connectivity index (χ4v) is 6.08. The van der Waals surface area contributed by atoms with Crippen LogP contribution in [0.5, 0.6) is 5.75 Å². The van der Waals surface area contributed by atoms with Crippen molar-refractivity contribution in [1.29, 1.82) is 0 Å². The van der Waals surface area contributed by atoms with E-state index in [0.29, 0.717) is 30.6 Å². The Morgan fingerprint density at radius 3 is 2.50 bits per heavy atom. The maximum absolute atomic E-state index is 13.4. The lowest BCUT2D eigenvalue weighted by Gasteiger charge is -2.48. The number of methoxy groups -OCH3 is 1. The number of hydrogen-bond donors (Lipinski definition) is 1. The molecule has 7 nitrogen and oxygen atoms in total. The number of benzene rings is 2. The molecule has 2 aliphatic heterocycles. The number of anilines is 1. The Kier molecular flexibility index (Phi) is 5.58. The second-order valence-corrected chi connectivity index (χ2v) is 9.82. The second kappa shape index (κ2) is 8.46. The maximum atomic E-state index is 13.4. The molecule has 34 heavy (non-hydrogen) atoms. The first-order valence-electron chi connectivity index (χ1n) is 12.0. The number of carbonyl (C=O) groups excluding carboxylic acids is 3. The van der Waals surface area contributed by atoms with E-state index in [9.17, 15) is 14.4 Å². The lowest BCUT2D eigenvalue weighted by atomic mass is 9.78. The highest BCUT2D eigenvalue weighted by atomic mass is 16.5. The van der Waals surface area contributed by atoms with Crippen molar-refractivity contribution in [2.45, 2.75) is 56.5 Å². The molecule has 3 aliphatic rings. The van der Waals surface area contributed by atoms with Gasteiger partial charge in [-0.05, 0) is 44.4 Å². The molecule has 1 aliphatic carbocycles. The van der Waals surface area contributed by atoms with Crippen LogP contribution in [0, 0.1) is 0 Å². The molecule has 2 fully saturated rings. The lowest BCUT2D eigenvalue weighted by molar-refractivity contribution is -0.124. The molecule has 5 rings (SSSR count). The summed E-state index contributed by atoms with van der Waals surface area (Å²) in [6.45, 7) is 2.28. The normalized spacial score (nSPS) is 23.0. The second-order valence-electron chi connectivity index (χ2n) is 9.82. The van der Waals surface area contributed by atoms with Crippen molar-refractivity contribution in [2.75, 3.05) is 25.1 Å². The molecule has 0 aromatic heterocycles. The van der Waals surface area contributed by atoms with Gasteiger partial charge in [-0.2, -0.15) is 0 Å². The molecule has 1 unspecified atom stereocenters. The zero-order valence-electron chi connectivity index (χ0n) is 19.8. The fourth-order valence-electron chi connectivity index (χ4n) is 6.08. The van der Waals surface area contributed by atoms with Gasteiger partial charge in [0.15, 0.2) is 0 Å². The van der Waals surface area contributed by atoms with E-state index in [-0.39, 0.29) is 29.7 Å². The van der Waals surface area contributed by atoms with Gasteiger partial charge in [0.25, 0.3) is 5.91 Å². The Morgan fingerprint density at radius 1 is 1.03 bits per heavy atom. The van der Waals surface area contributed by atoms with Crippen LogP contribution in [0.15, 0.2) is 48.5 Å². The summed E-state index contributed by atoms with van der Waals surface area (Å²) in [5.41, 5.74) is 1.20. The van der Waals surface area contributed by atoms with Gasteiger partial charge in [0.1, 0.15) is 18.0 Å². The molecule has 3 amide bonds. The number of nitrogens with one attached hydrogen (secondary N) is 1. The average Bonchev–Trinajstić information content (AvgIpc) is 3.46. The van der Waals surface area contributed by atoms with E-state index in [1.807, 2.05) is 37.3 Å². The molecule has 2 heterocycles. The van der Waals surface area contributed by atoms with Gasteiger partial charge in [-0.1, -0.05) is 43.2 Å². The molecule has 1 saturated heterocycles. The van der Waals surface area contributed by atoms with Crippen molar-refractivity contribution in [3.8, 4) is 5.75 Å². The standard InChI is InChI=1S/C27H31N3O4/c1-26-16-13-24(32)30(26)21-11-5-3-9-19(21)25(33)29(26)17-23(31)28-18-27(14-7-8-15-27)20-10-4-6-12-22(20)34-2/h3-6,9-12H,7-8,13-18H2,1-2H3,(H,28,31). The van der Waals surface area contributed by atoms with Crippen molar-refractivity contribution < 1.29 is 19.1 Å². The van der Waals surface area contributed by atoms with E-state index < -0.39 is 5.66 Å². The fraction of sp³-hybridized carbons (Fsp3) is 0.444. The van der Waals surface area contributed by atoms with Crippen LogP contribution in [0.2, 0.25) is 0 Å². The summed E-state index contributed by atoms with van der Waals surface area (Å²) < 4.78 is 5.63. The first-order valence-corrected chi connectivity index (χ1v) is 12.0. The summed E-state index contributed by atoms with van der Waals surface area (Å²) in [6.07, 6.45) is 5.01. The summed E-state index contributed by atoms with van der Waals surface area (Å²) >= 11 is 0. The van der Waals surface area contributed by atoms with Crippen LogP contribution in [0.25, 0.3) is 0 Å². The molecule has 1 atom stereocenters. The number of fused-ring (bicyclic) bond motifs is 3. The van der Waals surface area contributed by atoms with Gasteiger partial charge in [-0.25, -0.2) is 0 Å². The largest absolute Gasteiger partial charge is 0.496 e. The quantitative estimate of drug-likeness (QED) is 0.713. The van der Waals surface area contributed by atoms with Gasteiger partial charge in [-0.15, -0.1) is 0 Å². The summed E-state index contributed by atoms with van der Waals surface area (Å²) in [5.74, 6) is 0.400. The first-order chi connectivity index (χ1) is 16.4. The number of amides is 3. The highest BCUT2D eigenvalue weighted by Gasteiger charge is 2.53. The smallest absolute Gasteiger partial charge is 0.258 e. The highest BCUT2D eigenvalue weighted by Crippen LogP contribution is 2.45. The van der Waals surface area contributed by atoms with Gasteiger partial charge in [-0.3, -0.25) is 19.3 Å². The van der Waals surface area contributed by atoms with Crippen LogP contribution in [-0.2, 0) is 15.0 Å².